The number of ether oxygens (including phenoxy) is 2. The minimum absolute atomic E-state index is 0.0524. The molecule has 0 spiro atoms. The highest BCUT2D eigenvalue weighted by molar-refractivity contribution is 5.91. The third-order valence-corrected chi connectivity index (χ3v) is 6.09. The molecular weight excluding hydrogens is 472 g/mol. The van der Waals surface area contributed by atoms with Gasteiger partial charge in [0.2, 0.25) is 17.5 Å². The van der Waals surface area contributed by atoms with Crippen LogP contribution in [0.1, 0.15) is 26.3 Å². The maximum absolute atomic E-state index is 12.9. The Morgan fingerprint density at radius 2 is 1.67 bits per heavy atom. The summed E-state index contributed by atoms with van der Waals surface area (Å²) in [6, 6.07) is 6.96. The van der Waals surface area contributed by atoms with Crippen molar-refractivity contribution in [3.05, 3.63) is 57.8 Å². The third-order valence-electron chi connectivity index (χ3n) is 6.09. The van der Waals surface area contributed by atoms with Crippen LogP contribution >= 0.6 is 0 Å². The van der Waals surface area contributed by atoms with Gasteiger partial charge in [-0.05, 0) is 51.5 Å². The second-order valence-electron chi connectivity index (χ2n) is 9.02. The van der Waals surface area contributed by atoms with Crippen molar-refractivity contribution >= 4 is 11.0 Å². The standard InChI is InChI=1S/C26H28O10/c1-11(2)4-9-15-16(27)10-17(28)18-20(30)22(32)24(36-25(15)18)13-5-7-14(8-6-13)35-26-23(33)21(31)19(29)12(3)34-26/h4-8,10,12,19,21,23,26-29,31-33H,9H2,1-3H3/t12-,19+,21-,23-,26+/m0/s1. The predicted molar refractivity (Wildman–Crippen MR) is 129 cm³/mol. The smallest absolute Gasteiger partial charge is 0.238 e. The van der Waals surface area contributed by atoms with Crippen molar-refractivity contribution in [1.82, 2.24) is 0 Å². The molecule has 0 bridgehead atoms. The number of aromatic hydroxyl groups is 3. The minimum Gasteiger partial charge on any atom is -0.507 e. The van der Waals surface area contributed by atoms with Crippen LogP contribution in [0.25, 0.3) is 22.3 Å². The van der Waals surface area contributed by atoms with E-state index in [1.165, 1.54) is 31.2 Å². The molecule has 10 nitrogen and oxygen atoms in total. The van der Waals surface area contributed by atoms with Crippen LogP contribution in [0.15, 0.2) is 51.2 Å². The Morgan fingerprint density at radius 3 is 2.31 bits per heavy atom. The molecule has 36 heavy (non-hydrogen) atoms. The minimum atomic E-state index is -1.49. The van der Waals surface area contributed by atoms with Gasteiger partial charge in [0, 0.05) is 17.2 Å². The summed E-state index contributed by atoms with van der Waals surface area (Å²) in [5.74, 6) is -1.43. The highest BCUT2D eigenvalue weighted by Crippen LogP contribution is 2.39. The van der Waals surface area contributed by atoms with Crippen LogP contribution in [-0.2, 0) is 11.2 Å². The van der Waals surface area contributed by atoms with Gasteiger partial charge in [-0.15, -0.1) is 0 Å². The van der Waals surface area contributed by atoms with Crippen molar-refractivity contribution < 1.29 is 44.5 Å². The second kappa shape index (κ2) is 9.82. The van der Waals surface area contributed by atoms with Gasteiger partial charge < -0.3 is 44.5 Å². The van der Waals surface area contributed by atoms with Crippen molar-refractivity contribution in [2.45, 2.75) is 57.9 Å². The summed E-state index contributed by atoms with van der Waals surface area (Å²) in [5.41, 5.74) is 0.631. The van der Waals surface area contributed by atoms with Gasteiger partial charge in [-0.1, -0.05) is 11.6 Å². The Bertz CT molecular complexity index is 1350. The lowest BCUT2D eigenvalue weighted by atomic mass is 10.00. The quantitative estimate of drug-likeness (QED) is 0.286. The predicted octanol–water partition coefficient (Wildman–Crippen LogP) is 2.29. The lowest BCUT2D eigenvalue weighted by molar-refractivity contribution is -0.268. The summed E-state index contributed by atoms with van der Waals surface area (Å²) in [7, 11) is 0. The average Bonchev–Trinajstić information content (AvgIpc) is 2.83. The Hall–Kier alpha value is -3.57. The number of aliphatic hydroxyl groups is 3. The van der Waals surface area contributed by atoms with E-state index in [0.29, 0.717) is 5.56 Å². The third kappa shape index (κ3) is 4.63. The number of rotatable bonds is 5. The Kier molecular flexibility index (Phi) is 6.96. The number of phenolic OH excluding ortho intramolecular Hbond substituents is 2. The molecule has 1 saturated heterocycles. The number of phenols is 2. The van der Waals surface area contributed by atoms with Crippen molar-refractivity contribution in [2.75, 3.05) is 0 Å². The molecule has 2 aromatic carbocycles. The zero-order chi connectivity index (χ0) is 26.3. The zero-order valence-electron chi connectivity index (χ0n) is 19.9. The van der Waals surface area contributed by atoms with Crippen LogP contribution in [0.3, 0.4) is 0 Å². The Labute approximate surface area is 205 Å². The lowest BCUT2D eigenvalue weighted by Gasteiger charge is -2.38. The number of aliphatic hydroxyl groups excluding tert-OH is 3. The molecule has 0 aliphatic carbocycles. The van der Waals surface area contributed by atoms with Crippen molar-refractivity contribution in [1.29, 1.82) is 0 Å². The largest absolute Gasteiger partial charge is 0.507 e. The van der Waals surface area contributed by atoms with Crippen LogP contribution in [0.2, 0.25) is 0 Å². The summed E-state index contributed by atoms with van der Waals surface area (Å²) in [4.78, 5) is 12.9. The molecule has 10 heteroatoms. The summed E-state index contributed by atoms with van der Waals surface area (Å²) in [5, 5.41) is 60.9. The topological polar surface area (TPSA) is 170 Å². The van der Waals surface area contributed by atoms with E-state index in [-0.39, 0.29) is 40.2 Å². The van der Waals surface area contributed by atoms with E-state index in [1.807, 2.05) is 19.9 Å². The van der Waals surface area contributed by atoms with Gasteiger partial charge in [-0.2, -0.15) is 0 Å². The van der Waals surface area contributed by atoms with Crippen LogP contribution in [0.4, 0.5) is 0 Å². The van der Waals surface area contributed by atoms with Crippen molar-refractivity contribution in [3.63, 3.8) is 0 Å². The van der Waals surface area contributed by atoms with Gasteiger partial charge >= 0.3 is 0 Å². The average molecular weight is 501 g/mol. The van der Waals surface area contributed by atoms with Crippen LogP contribution in [-0.4, -0.2) is 61.3 Å². The second-order valence-corrected chi connectivity index (χ2v) is 9.02. The first kappa shape index (κ1) is 25.5. The maximum Gasteiger partial charge on any atom is 0.238 e. The van der Waals surface area contributed by atoms with Crippen LogP contribution in [0, 0.1) is 0 Å². The molecule has 3 aromatic rings. The van der Waals surface area contributed by atoms with E-state index in [9.17, 15) is 35.4 Å². The van der Waals surface area contributed by atoms with Crippen molar-refractivity contribution in [3.8, 4) is 34.3 Å². The van der Waals surface area contributed by atoms with Gasteiger partial charge in [0.1, 0.15) is 46.5 Å². The fourth-order valence-electron chi connectivity index (χ4n) is 4.01. The number of hydrogen-bond donors (Lipinski definition) is 6. The first-order chi connectivity index (χ1) is 17.0. The van der Waals surface area contributed by atoms with Crippen molar-refractivity contribution in [2.24, 2.45) is 0 Å². The molecular formula is C26H28O10. The Morgan fingerprint density at radius 1 is 1.00 bits per heavy atom. The fraction of sp³-hybridized carbons (Fsp3) is 0.346. The highest BCUT2D eigenvalue weighted by Gasteiger charge is 2.43. The molecule has 1 aliphatic rings. The van der Waals surface area contributed by atoms with E-state index in [1.54, 1.807) is 0 Å². The number of hydrogen-bond acceptors (Lipinski definition) is 10. The van der Waals surface area contributed by atoms with Gasteiger partial charge in [0.15, 0.2) is 5.76 Å². The first-order valence-electron chi connectivity index (χ1n) is 11.3. The summed E-state index contributed by atoms with van der Waals surface area (Å²) >= 11 is 0. The normalized spacial score (nSPS) is 24.0. The van der Waals surface area contributed by atoms with Gasteiger partial charge in [-0.25, -0.2) is 0 Å². The summed E-state index contributed by atoms with van der Waals surface area (Å²) < 4.78 is 16.9. The highest BCUT2D eigenvalue weighted by atomic mass is 16.7. The molecule has 4 rings (SSSR count). The van der Waals surface area contributed by atoms with E-state index >= 15 is 0 Å². The summed E-state index contributed by atoms with van der Waals surface area (Å²) in [6.07, 6.45) is -4.16. The molecule has 2 heterocycles. The molecule has 5 atom stereocenters. The molecule has 1 aromatic heterocycles. The SMILES string of the molecule is CC(C)=CCc1c(O)cc(O)c2c(=O)c(O)c(-c3ccc(O[C@H]4O[C@@H](C)[C@@H](O)[C@H](O)[C@@H]4O)cc3)oc12. The lowest BCUT2D eigenvalue weighted by Crippen LogP contribution is -2.58. The van der Waals surface area contributed by atoms with E-state index in [4.69, 9.17) is 13.9 Å². The molecule has 6 N–H and O–H groups in total. The van der Waals surface area contributed by atoms with Crippen LogP contribution < -0.4 is 10.2 Å². The van der Waals surface area contributed by atoms with E-state index in [2.05, 4.69) is 0 Å². The van der Waals surface area contributed by atoms with Gasteiger partial charge in [0.05, 0.1) is 6.10 Å². The molecule has 0 amide bonds. The van der Waals surface area contributed by atoms with E-state index < -0.39 is 47.6 Å². The van der Waals surface area contributed by atoms with Crippen LogP contribution in [0.5, 0.6) is 23.0 Å². The van der Waals surface area contributed by atoms with E-state index in [0.717, 1.165) is 11.6 Å². The first-order valence-corrected chi connectivity index (χ1v) is 11.3. The summed E-state index contributed by atoms with van der Waals surface area (Å²) in [6.45, 7) is 5.28. The maximum atomic E-state index is 12.9. The molecule has 1 aliphatic heterocycles. The molecule has 0 radical (unpaired) electrons. The van der Waals surface area contributed by atoms with Gasteiger partial charge in [0.25, 0.3) is 0 Å². The van der Waals surface area contributed by atoms with Gasteiger partial charge in [-0.3, -0.25) is 4.79 Å². The number of benzene rings is 2. The fourth-order valence-corrected chi connectivity index (χ4v) is 4.01. The number of fused-ring (bicyclic) bond motifs is 1. The molecule has 0 saturated carbocycles. The zero-order valence-corrected chi connectivity index (χ0v) is 19.9. The molecule has 1 fully saturated rings. The monoisotopic (exact) mass is 500 g/mol. The molecule has 0 unspecified atom stereocenters. The number of allylic oxidation sites excluding steroid dienone is 2. The Balaban J connectivity index is 1.71. The molecule has 192 valence electrons.